The van der Waals surface area contributed by atoms with Crippen LogP contribution < -0.4 is 5.32 Å². The fraction of sp³-hybridized carbons (Fsp3) is 0.444. The Morgan fingerprint density at radius 3 is 2.38 bits per heavy atom. The average molecular weight is 442 g/mol. The molecule has 11 heteroatoms. The van der Waals surface area contributed by atoms with Crippen molar-refractivity contribution in [2.75, 3.05) is 24.7 Å². The molecule has 1 N–H and O–H groups in total. The van der Waals surface area contributed by atoms with E-state index < -0.39 is 25.8 Å². The van der Waals surface area contributed by atoms with E-state index >= 15 is 0 Å². The lowest BCUT2D eigenvalue weighted by molar-refractivity contribution is -0.120. The summed E-state index contributed by atoms with van der Waals surface area (Å²) >= 11 is 0. The van der Waals surface area contributed by atoms with Gasteiger partial charge in [-0.25, -0.2) is 16.8 Å². The maximum Gasteiger partial charge on any atom is 0.248 e. The molecule has 29 heavy (non-hydrogen) atoms. The lowest BCUT2D eigenvalue weighted by Gasteiger charge is -2.31. The Labute approximate surface area is 170 Å². The summed E-state index contributed by atoms with van der Waals surface area (Å²) in [5, 5.41) is 6.44. The van der Waals surface area contributed by atoms with Gasteiger partial charge in [0.1, 0.15) is 10.6 Å². The van der Waals surface area contributed by atoms with E-state index in [4.69, 9.17) is 4.52 Å². The van der Waals surface area contributed by atoms with E-state index in [0.717, 1.165) is 6.26 Å². The standard InChI is InChI=1S/C18H23N3O6S2/c1-12-17(13(2)27-20-12)29(25,26)21-10-4-5-14(11-21)18(22)19-15-6-8-16(9-7-15)28(3,23)24/h6-9,14H,4-5,10-11H2,1-3H3,(H,19,22). The van der Waals surface area contributed by atoms with Crippen LogP contribution in [0.2, 0.25) is 0 Å². The van der Waals surface area contributed by atoms with Gasteiger partial charge in [0.25, 0.3) is 0 Å². The Balaban J connectivity index is 1.73. The number of sulfone groups is 1. The molecule has 0 aliphatic carbocycles. The third-order valence-electron chi connectivity index (χ3n) is 4.87. The largest absolute Gasteiger partial charge is 0.360 e. The number of nitrogens with zero attached hydrogens (tertiary/aromatic N) is 2. The number of carbonyl (C=O) groups excluding carboxylic acids is 1. The van der Waals surface area contributed by atoms with Crippen molar-refractivity contribution in [1.29, 1.82) is 0 Å². The number of rotatable bonds is 5. The van der Waals surface area contributed by atoms with E-state index in [1.807, 2.05) is 0 Å². The summed E-state index contributed by atoms with van der Waals surface area (Å²) in [6.07, 6.45) is 2.21. The second-order valence-corrected chi connectivity index (χ2v) is 11.0. The number of hydrogen-bond donors (Lipinski definition) is 1. The molecule has 1 saturated heterocycles. The second kappa shape index (κ2) is 7.88. The highest BCUT2D eigenvalue weighted by molar-refractivity contribution is 7.90. The van der Waals surface area contributed by atoms with Gasteiger partial charge in [0, 0.05) is 25.0 Å². The van der Waals surface area contributed by atoms with Gasteiger partial charge in [0.05, 0.1) is 10.8 Å². The zero-order valence-electron chi connectivity index (χ0n) is 16.4. The van der Waals surface area contributed by atoms with E-state index in [-0.39, 0.29) is 28.0 Å². The number of aryl methyl sites for hydroxylation is 2. The summed E-state index contributed by atoms with van der Waals surface area (Å²) < 4.78 is 55.3. The van der Waals surface area contributed by atoms with E-state index in [2.05, 4.69) is 10.5 Å². The Hall–Kier alpha value is -2.24. The van der Waals surface area contributed by atoms with Gasteiger partial charge in [-0.05, 0) is 51.0 Å². The van der Waals surface area contributed by atoms with E-state index in [1.165, 1.54) is 28.6 Å². The summed E-state index contributed by atoms with van der Waals surface area (Å²) in [5.74, 6) is -0.607. The molecule has 1 unspecified atom stereocenters. The van der Waals surface area contributed by atoms with Gasteiger partial charge < -0.3 is 9.84 Å². The topological polar surface area (TPSA) is 127 Å². The van der Waals surface area contributed by atoms with Crippen LogP contribution in [0.1, 0.15) is 24.3 Å². The molecule has 1 aromatic carbocycles. The molecule has 0 spiro atoms. The van der Waals surface area contributed by atoms with Gasteiger partial charge in [-0.3, -0.25) is 4.79 Å². The normalized spacial score (nSPS) is 18.5. The molecular weight excluding hydrogens is 418 g/mol. The Kier molecular flexibility index (Phi) is 5.84. The molecule has 1 amide bonds. The van der Waals surface area contributed by atoms with Crippen molar-refractivity contribution in [3.8, 4) is 0 Å². The SMILES string of the molecule is Cc1noc(C)c1S(=O)(=O)N1CCCC(C(=O)Nc2ccc(S(C)(=O)=O)cc2)C1. The smallest absolute Gasteiger partial charge is 0.248 e. The molecule has 3 rings (SSSR count). The lowest BCUT2D eigenvalue weighted by Crippen LogP contribution is -2.43. The summed E-state index contributed by atoms with van der Waals surface area (Å²) in [7, 11) is -7.13. The van der Waals surface area contributed by atoms with E-state index in [1.54, 1.807) is 13.8 Å². The summed E-state index contributed by atoms with van der Waals surface area (Å²) in [4.78, 5) is 12.9. The van der Waals surface area contributed by atoms with E-state index in [0.29, 0.717) is 30.8 Å². The minimum Gasteiger partial charge on any atom is -0.360 e. The highest BCUT2D eigenvalue weighted by Gasteiger charge is 2.36. The maximum atomic E-state index is 13.0. The predicted octanol–water partition coefficient (Wildman–Crippen LogP) is 1.73. The van der Waals surface area contributed by atoms with Crippen LogP contribution in [0.25, 0.3) is 0 Å². The number of piperidine rings is 1. The van der Waals surface area contributed by atoms with Crippen LogP contribution in [0.15, 0.2) is 38.6 Å². The Morgan fingerprint density at radius 1 is 1.17 bits per heavy atom. The quantitative estimate of drug-likeness (QED) is 0.749. The van der Waals surface area contributed by atoms with Crippen LogP contribution in [-0.4, -0.2) is 51.5 Å². The van der Waals surface area contributed by atoms with Gasteiger partial charge >= 0.3 is 0 Å². The zero-order chi connectivity index (χ0) is 21.4. The first-order valence-electron chi connectivity index (χ1n) is 9.04. The van der Waals surface area contributed by atoms with Crippen LogP contribution in [0.3, 0.4) is 0 Å². The Bertz CT molecular complexity index is 1100. The number of hydrogen-bond acceptors (Lipinski definition) is 7. The number of sulfonamides is 1. The molecule has 1 atom stereocenters. The zero-order valence-corrected chi connectivity index (χ0v) is 18.0. The molecule has 1 fully saturated rings. The molecule has 9 nitrogen and oxygen atoms in total. The molecular formula is C18H23N3O6S2. The average Bonchev–Trinajstić information content (AvgIpc) is 3.00. The van der Waals surface area contributed by atoms with Gasteiger partial charge in [0.2, 0.25) is 15.9 Å². The minimum atomic E-state index is -3.81. The molecule has 0 radical (unpaired) electrons. The second-order valence-electron chi connectivity index (χ2n) is 7.14. The van der Waals surface area contributed by atoms with E-state index in [9.17, 15) is 21.6 Å². The third kappa shape index (κ3) is 4.51. The first-order chi connectivity index (χ1) is 13.5. The number of nitrogens with one attached hydrogen (secondary N) is 1. The number of anilines is 1. The van der Waals surface area contributed by atoms with Crippen molar-refractivity contribution < 1.29 is 26.2 Å². The minimum absolute atomic E-state index is 0.0509. The molecule has 2 aromatic rings. The number of carbonyl (C=O) groups is 1. The maximum absolute atomic E-state index is 13.0. The van der Waals surface area contributed by atoms with Crippen molar-refractivity contribution >= 4 is 31.5 Å². The van der Waals surface area contributed by atoms with Gasteiger partial charge in [-0.15, -0.1) is 0 Å². The number of amides is 1. The third-order valence-corrected chi connectivity index (χ3v) is 8.11. The number of aromatic nitrogens is 1. The van der Waals surface area contributed by atoms with Crippen molar-refractivity contribution in [2.24, 2.45) is 5.92 Å². The number of benzene rings is 1. The summed E-state index contributed by atoms with van der Waals surface area (Å²) in [6.45, 7) is 3.48. The summed E-state index contributed by atoms with van der Waals surface area (Å²) in [6, 6.07) is 5.85. The molecule has 0 bridgehead atoms. The van der Waals surface area contributed by atoms with Crippen LogP contribution in [0.4, 0.5) is 5.69 Å². The lowest BCUT2D eigenvalue weighted by atomic mass is 9.99. The first-order valence-corrected chi connectivity index (χ1v) is 12.4. The van der Waals surface area contributed by atoms with Gasteiger partial charge in [-0.1, -0.05) is 5.16 Å². The molecule has 1 aromatic heterocycles. The van der Waals surface area contributed by atoms with Crippen molar-refractivity contribution in [2.45, 2.75) is 36.5 Å². The molecule has 1 aliphatic heterocycles. The van der Waals surface area contributed by atoms with Gasteiger partial charge in [0.15, 0.2) is 15.6 Å². The monoisotopic (exact) mass is 441 g/mol. The molecule has 2 heterocycles. The van der Waals surface area contributed by atoms with Gasteiger partial charge in [-0.2, -0.15) is 4.31 Å². The molecule has 0 saturated carbocycles. The predicted molar refractivity (Wildman–Crippen MR) is 106 cm³/mol. The molecule has 1 aliphatic rings. The Morgan fingerprint density at radius 2 is 1.83 bits per heavy atom. The van der Waals surface area contributed by atoms with Crippen molar-refractivity contribution in [1.82, 2.24) is 9.46 Å². The fourth-order valence-corrected chi connectivity index (χ4v) is 5.82. The highest BCUT2D eigenvalue weighted by Crippen LogP contribution is 2.28. The van der Waals surface area contributed by atoms with Crippen LogP contribution >= 0.6 is 0 Å². The fourth-order valence-electron chi connectivity index (χ4n) is 3.38. The molecule has 158 valence electrons. The van der Waals surface area contributed by atoms with Crippen molar-refractivity contribution in [3.05, 3.63) is 35.7 Å². The van der Waals surface area contributed by atoms with Crippen LogP contribution in [0.5, 0.6) is 0 Å². The van der Waals surface area contributed by atoms with Crippen LogP contribution in [0, 0.1) is 19.8 Å². The van der Waals surface area contributed by atoms with Crippen LogP contribution in [-0.2, 0) is 24.7 Å². The first kappa shape index (κ1) is 21.5. The van der Waals surface area contributed by atoms with Crippen molar-refractivity contribution in [3.63, 3.8) is 0 Å². The summed E-state index contributed by atoms with van der Waals surface area (Å²) in [5.41, 5.74) is 0.744. The highest BCUT2D eigenvalue weighted by atomic mass is 32.2.